The fourth-order valence-electron chi connectivity index (χ4n) is 3.89. The zero-order valence-corrected chi connectivity index (χ0v) is 22.5. The van der Waals surface area contributed by atoms with Gasteiger partial charge in [0.15, 0.2) is 13.7 Å². The van der Waals surface area contributed by atoms with Crippen LogP contribution in [0.3, 0.4) is 0 Å². The number of carbonyl (C=O) groups excluding carboxylic acids is 3. The molecule has 0 spiro atoms. The molecule has 34 heavy (non-hydrogen) atoms. The number of hydrogen-bond acceptors (Lipinski definition) is 7. The molecule has 1 aliphatic rings. The van der Waals surface area contributed by atoms with E-state index in [4.69, 9.17) is 18.6 Å². The first-order chi connectivity index (χ1) is 15.9. The third-order valence-electron chi connectivity index (χ3n) is 7.22. The van der Waals surface area contributed by atoms with Crippen LogP contribution in [0.5, 0.6) is 0 Å². The van der Waals surface area contributed by atoms with Crippen LogP contribution in [0.15, 0.2) is 30.3 Å². The molecule has 0 unspecified atom stereocenters. The quantitative estimate of drug-likeness (QED) is 0.133. The highest BCUT2D eigenvalue weighted by Gasteiger charge is 2.58. The number of rotatable bonds is 12. The Labute approximate surface area is 204 Å². The maximum absolute atomic E-state index is 13.3. The van der Waals surface area contributed by atoms with Gasteiger partial charge in [-0.1, -0.05) is 57.5 Å². The number of benzene rings is 1. The largest absolute Gasteiger partial charge is 0.469 e. The molecule has 0 N–H and O–H groups in total. The molecular formula is C26H40O7Si. The Bertz CT molecular complexity index is 831. The highest BCUT2D eigenvalue weighted by Crippen LogP contribution is 2.44. The zero-order chi connectivity index (χ0) is 25.4. The molecule has 1 fully saturated rings. The monoisotopic (exact) mass is 492 g/mol. The molecular weight excluding hydrogens is 452 g/mol. The molecule has 1 heterocycles. The van der Waals surface area contributed by atoms with Crippen molar-refractivity contribution in [1.82, 2.24) is 0 Å². The summed E-state index contributed by atoms with van der Waals surface area (Å²) >= 11 is 0. The highest BCUT2D eigenvalue weighted by atomic mass is 28.4. The normalized spacial score (nSPS) is 20.6. The molecule has 1 aromatic carbocycles. The smallest absolute Gasteiger partial charge is 0.324 e. The first-order valence-corrected chi connectivity index (χ1v) is 14.9. The van der Waals surface area contributed by atoms with Crippen LogP contribution in [-0.2, 0) is 39.6 Å². The second-order valence-corrected chi connectivity index (χ2v) is 15.3. The van der Waals surface area contributed by atoms with Gasteiger partial charge in [-0.3, -0.25) is 14.4 Å². The van der Waals surface area contributed by atoms with Gasteiger partial charge < -0.3 is 18.6 Å². The van der Waals surface area contributed by atoms with Gasteiger partial charge in [-0.25, -0.2) is 0 Å². The van der Waals surface area contributed by atoms with Crippen LogP contribution in [0.1, 0.15) is 58.4 Å². The van der Waals surface area contributed by atoms with Gasteiger partial charge in [0.05, 0.1) is 13.7 Å². The number of ether oxygens (including phenoxy) is 3. The standard InChI is InChI=1S/C26H40O7Si/c1-25(2,3)34(5,6)33-17-11-10-14-21-19-32-24(29)26(21,16-15-22(27)30-4)23(28)31-18-20-12-8-7-9-13-20/h7-9,12-13,21H,10-11,14-19H2,1-6H3/t21-,26+/m0/s1. The minimum absolute atomic E-state index is 0.0112. The van der Waals surface area contributed by atoms with Gasteiger partial charge in [-0.05, 0) is 43.0 Å². The average molecular weight is 493 g/mol. The Morgan fingerprint density at radius 1 is 1.15 bits per heavy atom. The number of carbonyl (C=O) groups is 3. The SMILES string of the molecule is COC(=O)CC[C@@]1(C(=O)OCc2ccccc2)C(=O)OC[C@@H]1CCCCO[Si](C)(C)C(C)(C)C. The summed E-state index contributed by atoms with van der Waals surface area (Å²) in [7, 11) is -0.533. The van der Waals surface area contributed by atoms with Gasteiger partial charge in [-0.15, -0.1) is 0 Å². The molecule has 2 atom stereocenters. The van der Waals surface area contributed by atoms with Crippen molar-refractivity contribution >= 4 is 26.2 Å². The second kappa shape index (κ2) is 12.0. The topological polar surface area (TPSA) is 88.1 Å². The summed E-state index contributed by atoms with van der Waals surface area (Å²) in [6.07, 6.45) is 2.16. The van der Waals surface area contributed by atoms with Crippen LogP contribution in [0.25, 0.3) is 0 Å². The molecule has 0 aliphatic carbocycles. The predicted molar refractivity (Wildman–Crippen MR) is 131 cm³/mol. The van der Waals surface area contributed by atoms with Gasteiger partial charge in [0.2, 0.25) is 0 Å². The first-order valence-electron chi connectivity index (χ1n) is 12.0. The van der Waals surface area contributed by atoms with Crippen LogP contribution < -0.4 is 0 Å². The molecule has 0 saturated carbocycles. The van der Waals surface area contributed by atoms with Crippen LogP contribution in [0.4, 0.5) is 0 Å². The fourth-order valence-corrected chi connectivity index (χ4v) is 4.98. The zero-order valence-electron chi connectivity index (χ0n) is 21.5. The Kier molecular flexibility index (Phi) is 9.88. The number of esters is 3. The van der Waals surface area contributed by atoms with E-state index in [0.29, 0.717) is 13.0 Å². The Hall–Kier alpha value is -2.19. The van der Waals surface area contributed by atoms with E-state index in [1.54, 1.807) is 0 Å². The van der Waals surface area contributed by atoms with Crippen molar-refractivity contribution in [2.45, 2.75) is 77.6 Å². The number of unbranched alkanes of at least 4 members (excludes halogenated alkanes) is 1. The predicted octanol–water partition coefficient (Wildman–Crippen LogP) is 5.03. The van der Waals surface area contributed by atoms with Crippen molar-refractivity contribution in [3.8, 4) is 0 Å². The minimum Gasteiger partial charge on any atom is -0.469 e. The molecule has 1 aliphatic heterocycles. The molecule has 0 radical (unpaired) electrons. The summed E-state index contributed by atoms with van der Waals surface area (Å²) < 4.78 is 21.9. The van der Waals surface area contributed by atoms with E-state index in [2.05, 4.69) is 33.9 Å². The van der Waals surface area contributed by atoms with E-state index in [9.17, 15) is 14.4 Å². The molecule has 0 bridgehead atoms. The van der Waals surface area contributed by atoms with Gasteiger partial charge in [0, 0.05) is 18.9 Å². The van der Waals surface area contributed by atoms with Crippen LogP contribution >= 0.6 is 0 Å². The third kappa shape index (κ3) is 6.92. The lowest BCUT2D eigenvalue weighted by Crippen LogP contribution is -2.43. The number of methoxy groups -OCH3 is 1. The minimum atomic E-state index is -1.82. The lowest BCUT2D eigenvalue weighted by Gasteiger charge is -2.36. The molecule has 2 rings (SSSR count). The van der Waals surface area contributed by atoms with E-state index in [1.165, 1.54) is 7.11 Å². The average Bonchev–Trinajstić information content (AvgIpc) is 3.11. The number of cyclic esters (lactones) is 1. The lowest BCUT2D eigenvalue weighted by molar-refractivity contribution is -0.168. The molecule has 0 aromatic heterocycles. The Morgan fingerprint density at radius 2 is 1.82 bits per heavy atom. The summed E-state index contributed by atoms with van der Waals surface area (Å²) in [5, 5.41) is 0.143. The van der Waals surface area contributed by atoms with E-state index in [1.807, 2.05) is 30.3 Å². The van der Waals surface area contributed by atoms with E-state index < -0.39 is 31.6 Å². The lowest BCUT2D eigenvalue weighted by atomic mass is 9.72. The molecule has 7 nitrogen and oxygen atoms in total. The van der Waals surface area contributed by atoms with Crippen LogP contribution in [-0.4, -0.2) is 46.5 Å². The van der Waals surface area contributed by atoms with Crippen LogP contribution in [0, 0.1) is 11.3 Å². The summed E-state index contributed by atoms with van der Waals surface area (Å²) in [5.74, 6) is -2.08. The number of hydrogen-bond donors (Lipinski definition) is 0. The van der Waals surface area contributed by atoms with Gasteiger partial charge in [0.1, 0.15) is 6.61 Å². The highest BCUT2D eigenvalue weighted by molar-refractivity contribution is 6.74. The summed E-state index contributed by atoms with van der Waals surface area (Å²) in [5.41, 5.74) is -0.673. The maximum Gasteiger partial charge on any atom is 0.324 e. The molecule has 8 heteroatoms. The Morgan fingerprint density at radius 3 is 2.44 bits per heavy atom. The van der Waals surface area contributed by atoms with E-state index in [0.717, 1.165) is 18.4 Å². The third-order valence-corrected chi connectivity index (χ3v) is 11.8. The van der Waals surface area contributed by atoms with Crippen molar-refractivity contribution in [2.75, 3.05) is 20.3 Å². The van der Waals surface area contributed by atoms with Gasteiger partial charge >= 0.3 is 17.9 Å². The molecule has 0 amide bonds. The van der Waals surface area contributed by atoms with Crippen molar-refractivity contribution in [3.05, 3.63) is 35.9 Å². The molecule has 1 aromatic rings. The van der Waals surface area contributed by atoms with Crippen molar-refractivity contribution in [2.24, 2.45) is 11.3 Å². The van der Waals surface area contributed by atoms with Crippen molar-refractivity contribution in [3.63, 3.8) is 0 Å². The Balaban J connectivity index is 2.06. The summed E-state index contributed by atoms with van der Waals surface area (Å²) in [6, 6.07) is 9.29. The summed E-state index contributed by atoms with van der Waals surface area (Å²) in [4.78, 5) is 38.1. The van der Waals surface area contributed by atoms with Crippen LogP contribution in [0.2, 0.25) is 18.1 Å². The van der Waals surface area contributed by atoms with E-state index in [-0.39, 0.29) is 37.0 Å². The first kappa shape index (κ1) is 28.0. The van der Waals surface area contributed by atoms with Crippen molar-refractivity contribution in [1.29, 1.82) is 0 Å². The molecule has 190 valence electrons. The van der Waals surface area contributed by atoms with E-state index >= 15 is 0 Å². The second-order valence-electron chi connectivity index (χ2n) is 10.5. The van der Waals surface area contributed by atoms with Crippen molar-refractivity contribution < 1.29 is 33.0 Å². The van der Waals surface area contributed by atoms with Gasteiger partial charge in [-0.2, -0.15) is 0 Å². The molecule has 1 saturated heterocycles. The summed E-state index contributed by atoms with van der Waals surface area (Å²) in [6.45, 7) is 11.9. The van der Waals surface area contributed by atoms with Gasteiger partial charge in [0.25, 0.3) is 0 Å². The maximum atomic E-state index is 13.3. The fraction of sp³-hybridized carbons (Fsp3) is 0.654.